The van der Waals surface area contributed by atoms with Gasteiger partial charge in [0.15, 0.2) is 11.5 Å². The van der Waals surface area contributed by atoms with Crippen molar-refractivity contribution in [2.24, 2.45) is 0 Å². The maximum atomic E-state index is 9.54. The first-order chi connectivity index (χ1) is 15.4. The van der Waals surface area contributed by atoms with Gasteiger partial charge in [0, 0.05) is 61.6 Å². The third-order valence-electron chi connectivity index (χ3n) is 5.58. The second-order valence-electron chi connectivity index (χ2n) is 7.96. The third-order valence-corrected chi connectivity index (χ3v) is 5.58. The highest BCUT2D eigenvalue weighted by molar-refractivity contribution is 5.66. The number of hydrogen-bond acceptors (Lipinski definition) is 8. The minimum absolute atomic E-state index is 0.203. The number of anilines is 2. The second kappa shape index (κ2) is 9.05. The van der Waals surface area contributed by atoms with Crippen LogP contribution in [-0.4, -0.2) is 65.1 Å². The van der Waals surface area contributed by atoms with Crippen LogP contribution in [-0.2, 0) is 6.54 Å². The fourth-order valence-corrected chi connectivity index (χ4v) is 3.84. The molecule has 32 heavy (non-hydrogen) atoms. The number of ether oxygens (including phenoxy) is 3. The number of nitrogens with one attached hydrogen (secondary N) is 1. The Bertz CT molecular complexity index is 1080. The number of aliphatic hydroxyl groups excluding tert-OH is 1. The lowest BCUT2D eigenvalue weighted by Gasteiger charge is -2.35. The van der Waals surface area contributed by atoms with Crippen LogP contribution in [0.3, 0.4) is 0 Å². The van der Waals surface area contributed by atoms with Gasteiger partial charge in [-0.2, -0.15) is 4.98 Å². The number of methoxy groups -OCH3 is 3. The highest BCUT2D eigenvalue weighted by Gasteiger charge is 2.25. The smallest absolute Gasteiger partial charge is 0.229 e. The number of aliphatic hydroxyl groups is 1. The van der Waals surface area contributed by atoms with Gasteiger partial charge in [0.2, 0.25) is 11.7 Å². The van der Waals surface area contributed by atoms with Gasteiger partial charge >= 0.3 is 0 Å². The van der Waals surface area contributed by atoms with E-state index in [1.54, 1.807) is 27.5 Å². The van der Waals surface area contributed by atoms with E-state index >= 15 is 0 Å². The summed E-state index contributed by atoms with van der Waals surface area (Å²) >= 11 is 0. The van der Waals surface area contributed by atoms with Crippen molar-refractivity contribution in [2.45, 2.75) is 26.5 Å². The number of aryl methyl sites for hydroxylation is 2. The van der Waals surface area contributed by atoms with Crippen molar-refractivity contribution < 1.29 is 19.3 Å². The molecule has 0 bridgehead atoms. The predicted molar refractivity (Wildman–Crippen MR) is 121 cm³/mol. The quantitative estimate of drug-likeness (QED) is 0.553. The Morgan fingerprint density at radius 1 is 1.03 bits per heavy atom. The molecule has 3 heterocycles. The average molecular weight is 440 g/mol. The monoisotopic (exact) mass is 439 g/mol. The standard InChI is InChI=1S/C23H29N5O4/c1-14-8-24-23(25-17-6-19(30-3)21(32-5)20(7-17)31-4)26-22(14)28-9-15(2)16(11-28)10-27-12-18(29)13-27/h6-9,11,18,29H,10,12-13H2,1-5H3,(H,24,25,26). The average Bonchev–Trinajstić information content (AvgIpc) is 3.13. The molecule has 1 fully saturated rings. The maximum absolute atomic E-state index is 9.54. The minimum atomic E-state index is -0.203. The molecule has 1 aromatic carbocycles. The highest BCUT2D eigenvalue weighted by atomic mass is 16.5. The second-order valence-corrected chi connectivity index (χ2v) is 7.96. The molecule has 9 nitrogen and oxygen atoms in total. The fourth-order valence-electron chi connectivity index (χ4n) is 3.84. The van der Waals surface area contributed by atoms with E-state index in [9.17, 15) is 5.11 Å². The molecule has 0 unspecified atom stereocenters. The van der Waals surface area contributed by atoms with Crippen LogP contribution < -0.4 is 19.5 Å². The summed E-state index contributed by atoms with van der Waals surface area (Å²) in [6.07, 6.45) is 5.76. The van der Waals surface area contributed by atoms with Crippen LogP contribution in [0.5, 0.6) is 17.2 Å². The Morgan fingerprint density at radius 3 is 2.31 bits per heavy atom. The largest absolute Gasteiger partial charge is 0.493 e. The van der Waals surface area contributed by atoms with E-state index in [2.05, 4.69) is 34.5 Å². The van der Waals surface area contributed by atoms with Gasteiger partial charge in [-0.25, -0.2) is 4.98 Å². The summed E-state index contributed by atoms with van der Waals surface area (Å²) in [5, 5.41) is 12.8. The van der Waals surface area contributed by atoms with Crippen molar-refractivity contribution in [3.8, 4) is 23.1 Å². The Balaban J connectivity index is 1.60. The van der Waals surface area contributed by atoms with Crippen LogP contribution >= 0.6 is 0 Å². The Labute approximate surface area is 187 Å². The summed E-state index contributed by atoms with van der Waals surface area (Å²) in [6, 6.07) is 3.62. The normalized spacial score (nSPS) is 14.2. The molecule has 1 saturated heterocycles. The molecule has 1 aliphatic rings. The molecule has 2 aromatic heterocycles. The van der Waals surface area contributed by atoms with Crippen LogP contribution in [0.4, 0.5) is 11.6 Å². The summed E-state index contributed by atoms with van der Waals surface area (Å²) < 4.78 is 18.3. The topological polar surface area (TPSA) is 93.9 Å². The molecular weight excluding hydrogens is 410 g/mol. The number of likely N-dealkylation sites (tertiary alicyclic amines) is 1. The summed E-state index contributed by atoms with van der Waals surface area (Å²) in [4.78, 5) is 11.4. The minimum Gasteiger partial charge on any atom is -0.493 e. The highest BCUT2D eigenvalue weighted by Crippen LogP contribution is 2.40. The molecule has 0 amide bonds. The molecule has 0 radical (unpaired) electrons. The van der Waals surface area contributed by atoms with E-state index < -0.39 is 0 Å². The van der Waals surface area contributed by atoms with Gasteiger partial charge in [0.25, 0.3) is 0 Å². The molecule has 0 atom stereocenters. The summed E-state index contributed by atoms with van der Waals surface area (Å²) in [5.74, 6) is 2.87. The van der Waals surface area contributed by atoms with Crippen molar-refractivity contribution in [3.63, 3.8) is 0 Å². The molecule has 2 N–H and O–H groups in total. The summed E-state index contributed by atoms with van der Waals surface area (Å²) in [5.41, 5.74) is 4.08. The molecule has 0 aliphatic carbocycles. The van der Waals surface area contributed by atoms with Crippen molar-refractivity contribution in [1.29, 1.82) is 0 Å². The number of hydrogen-bond donors (Lipinski definition) is 2. The molecule has 0 spiro atoms. The van der Waals surface area contributed by atoms with Gasteiger partial charge < -0.3 is 29.2 Å². The van der Waals surface area contributed by atoms with E-state index in [1.807, 2.05) is 23.6 Å². The third kappa shape index (κ3) is 4.35. The Kier molecular flexibility index (Phi) is 6.20. The molecule has 1 aliphatic heterocycles. The van der Waals surface area contributed by atoms with Crippen molar-refractivity contribution >= 4 is 11.6 Å². The van der Waals surface area contributed by atoms with Gasteiger partial charge in [0.1, 0.15) is 5.82 Å². The zero-order chi connectivity index (χ0) is 22.8. The van der Waals surface area contributed by atoms with E-state index in [0.717, 1.165) is 36.7 Å². The van der Waals surface area contributed by atoms with Crippen LogP contribution in [0, 0.1) is 13.8 Å². The van der Waals surface area contributed by atoms with E-state index in [0.29, 0.717) is 23.2 Å². The lowest BCUT2D eigenvalue weighted by atomic mass is 10.1. The number of rotatable bonds is 8. The predicted octanol–water partition coefficient (Wildman–Crippen LogP) is 2.83. The number of benzene rings is 1. The van der Waals surface area contributed by atoms with Gasteiger partial charge in [-0.1, -0.05) is 0 Å². The van der Waals surface area contributed by atoms with Gasteiger partial charge in [0.05, 0.1) is 27.4 Å². The lowest BCUT2D eigenvalue weighted by molar-refractivity contribution is -0.00295. The molecule has 0 saturated carbocycles. The Hall–Kier alpha value is -3.30. The van der Waals surface area contributed by atoms with Crippen molar-refractivity contribution in [2.75, 3.05) is 39.7 Å². The first-order valence-electron chi connectivity index (χ1n) is 10.4. The fraction of sp³-hybridized carbons (Fsp3) is 0.391. The molecule has 170 valence electrons. The van der Waals surface area contributed by atoms with Crippen molar-refractivity contribution in [1.82, 2.24) is 19.4 Å². The summed E-state index contributed by atoms with van der Waals surface area (Å²) in [6.45, 7) is 6.34. The zero-order valence-corrected chi connectivity index (χ0v) is 19.0. The van der Waals surface area contributed by atoms with Crippen LogP contribution in [0.1, 0.15) is 16.7 Å². The zero-order valence-electron chi connectivity index (χ0n) is 19.0. The first-order valence-corrected chi connectivity index (χ1v) is 10.4. The van der Waals surface area contributed by atoms with Gasteiger partial charge in [-0.3, -0.25) is 4.90 Å². The molecule has 4 rings (SSSR count). The number of aromatic nitrogens is 3. The number of β-amino-alcohol motifs (C(OH)–C–C–N with tert-alkyl or cyclic N) is 1. The van der Waals surface area contributed by atoms with Crippen LogP contribution in [0.15, 0.2) is 30.7 Å². The first kappa shape index (κ1) is 21.9. The van der Waals surface area contributed by atoms with Crippen LogP contribution in [0.2, 0.25) is 0 Å². The SMILES string of the molecule is COc1cc(Nc2ncc(C)c(-n3cc(C)c(CN4CC(O)C4)c3)n2)cc(OC)c1OC. The number of nitrogens with zero attached hydrogens (tertiary/aromatic N) is 4. The van der Waals surface area contributed by atoms with Crippen LogP contribution in [0.25, 0.3) is 5.82 Å². The van der Waals surface area contributed by atoms with Gasteiger partial charge in [-0.05, 0) is 25.0 Å². The Morgan fingerprint density at radius 2 is 1.72 bits per heavy atom. The molecule has 3 aromatic rings. The molecular formula is C23H29N5O4. The van der Waals surface area contributed by atoms with Gasteiger partial charge in [-0.15, -0.1) is 0 Å². The van der Waals surface area contributed by atoms with Crippen molar-refractivity contribution in [3.05, 3.63) is 47.4 Å². The molecule has 9 heteroatoms. The lowest BCUT2D eigenvalue weighted by Crippen LogP contribution is -2.49. The van der Waals surface area contributed by atoms with E-state index in [1.165, 1.54) is 11.1 Å². The van der Waals surface area contributed by atoms with E-state index in [-0.39, 0.29) is 6.10 Å². The maximum Gasteiger partial charge on any atom is 0.229 e. The van der Waals surface area contributed by atoms with E-state index in [4.69, 9.17) is 19.2 Å². The summed E-state index contributed by atoms with van der Waals surface area (Å²) in [7, 11) is 4.73.